The maximum atomic E-state index is 5.19. The van der Waals surface area contributed by atoms with Crippen LogP contribution in [-0.4, -0.2) is 13.8 Å². The zero-order valence-corrected chi connectivity index (χ0v) is 8.44. The number of hydrogen-bond donors (Lipinski definition) is 0. The van der Waals surface area contributed by atoms with Crippen molar-refractivity contribution in [2.45, 2.75) is 0 Å². The van der Waals surface area contributed by atoms with E-state index in [0.29, 0.717) is 0 Å². The molecule has 0 saturated heterocycles. The van der Waals surface area contributed by atoms with E-state index < -0.39 is 6.70 Å². The van der Waals surface area contributed by atoms with E-state index in [9.17, 15) is 0 Å². The molecule has 0 heterocycles. The van der Waals surface area contributed by atoms with Gasteiger partial charge in [0.15, 0.2) is 0 Å². The second-order valence-electron chi connectivity index (χ2n) is 2.28. The smallest absolute Gasteiger partial charge is 0.118 e. The maximum Gasteiger partial charge on any atom is 0.118 e. The van der Waals surface area contributed by atoms with E-state index in [1.807, 2.05) is 24.3 Å². The fraction of sp³-hybridized carbons (Fsp3) is 0.250. The highest BCUT2D eigenvalue weighted by Crippen LogP contribution is 2.16. The normalized spacial score (nSPS) is 12.5. The first-order valence-corrected chi connectivity index (χ1v) is 6.52. The van der Waals surface area contributed by atoms with Gasteiger partial charge in [-0.15, -0.1) is 0 Å². The Labute approximate surface area is 72.8 Å². The maximum absolute atomic E-state index is 5.19. The molecule has 1 unspecified atom stereocenters. The molecule has 0 radical (unpaired) electrons. The Balaban J connectivity index is 2.91. The third kappa shape index (κ3) is 2.32. The van der Waals surface area contributed by atoms with Crippen LogP contribution < -0.4 is 10.0 Å². The van der Waals surface area contributed by atoms with Gasteiger partial charge in [0.25, 0.3) is 0 Å². The third-order valence-corrected chi connectivity index (χ3v) is 3.35. The molecule has 0 aliphatic carbocycles. The standard InChI is InChI=1S/C8H11OPS/c1-9-7-3-5-8(6-4-7)10(2)11/h3-6,10H,1-2H3. The molecule has 1 rings (SSSR count). The van der Waals surface area contributed by atoms with E-state index in [2.05, 4.69) is 6.66 Å². The summed E-state index contributed by atoms with van der Waals surface area (Å²) >= 11 is 5.19. The zero-order chi connectivity index (χ0) is 8.27. The molecule has 1 nitrogen and oxygen atoms in total. The van der Waals surface area contributed by atoms with E-state index in [-0.39, 0.29) is 0 Å². The van der Waals surface area contributed by atoms with Crippen molar-refractivity contribution in [1.29, 1.82) is 0 Å². The number of ether oxygens (including phenoxy) is 1. The lowest BCUT2D eigenvalue weighted by molar-refractivity contribution is 0.415. The Bertz CT molecular complexity index is 255. The second-order valence-corrected chi connectivity index (χ2v) is 5.81. The van der Waals surface area contributed by atoms with Crippen LogP contribution in [0.1, 0.15) is 0 Å². The molecule has 0 saturated carbocycles. The summed E-state index contributed by atoms with van der Waals surface area (Å²) in [4.78, 5) is 0. The van der Waals surface area contributed by atoms with Gasteiger partial charge in [-0.3, -0.25) is 0 Å². The molecule has 0 N–H and O–H groups in total. The highest BCUT2D eigenvalue weighted by atomic mass is 32.4. The molecule has 1 atom stereocenters. The van der Waals surface area contributed by atoms with Crippen LogP contribution in [0.3, 0.4) is 0 Å². The molecule has 3 heteroatoms. The third-order valence-electron chi connectivity index (χ3n) is 1.50. The van der Waals surface area contributed by atoms with E-state index in [0.717, 1.165) is 5.75 Å². The van der Waals surface area contributed by atoms with Crippen molar-refractivity contribution in [3.05, 3.63) is 24.3 Å². The molecule has 0 aliphatic rings. The Morgan fingerprint density at radius 3 is 2.18 bits per heavy atom. The number of rotatable bonds is 2. The van der Waals surface area contributed by atoms with Crippen molar-refractivity contribution in [3.8, 4) is 5.75 Å². The lowest BCUT2D eigenvalue weighted by Crippen LogP contribution is -1.93. The molecule has 0 spiro atoms. The van der Waals surface area contributed by atoms with Crippen LogP contribution in [0.2, 0.25) is 0 Å². The predicted octanol–water partition coefficient (Wildman–Crippen LogP) is 1.63. The first kappa shape index (κ1) is 8.76. The minimum atomic E-state index is -0.709. The van der Waals surface area contributed by atoms with Gasteiger partial charge < -0.3 is 4.74 Å². The second kappa shape index (κ2) is 3.89. The highest BCUT2D eigenvalue weighted by Gasteiger charge is 1.93. The van der Waals surface area contributed by atoms with Gasteiger partial charge in [0, 0.05) is 0 Å². The highest BCUT2D eigenvalue weighted by molar-refractivity contribution is 8.08. The van der Waals surface area contributed by atoms with Crippen LogP contribution in [-0.2, 0) is 11.8 Å². The molecule has 0 aliphatic heterocycles. The zero-order valence-electron chi connectivity index (χ0n) is 6.63. The van der Waals surface area contributed by atoms with Crippen molar-refractivity contribution in [1.82, 2.24) is 0 Å². The minimum Gasteiger partial charge on any atom is -0.497 e. The van der Waals surface area contributed by atoms with Crippen molar-refractivity contribution >= 4 is 23.8 Å². The molecule has 1 aromatic rings. The molecular formula is C8H11OPS. The summed E-state index contributed by atoms with van der Waals surface area (Å²) < 4.78 is 5.03. The van der Waals surface area contributed by atoms with Gasteiger partial charge >= 0.3 is 0 Å². The molecule has 11 heavy (non-hydrogen) atoms. The lowest BCUT2D eigenvalue weighted by Gasteiger charge is -2.00. The van der Waals surface area contributed by atoms with Crippen LogP contribution in [0, 0.1) is 0 Å². The molecule has 0 amide bonds. The van der Waals surface area contributed by atoms with Crippen LogP contribution >= 0.6 is 6.70 Å². The molecule has 0 bridgehead atoms. The van der Waals surface area contributed by atoms with Crippen molar-refractivity contribution in [2.24, 2.45) is 0 Å². The fourth-order valence-electron chi connectivity index (χ4n) is 0.826. The van der Waals surface area contributed by atoms with Crippen molar-refractivity contribution < 1.29 is 4.74 Å². The van der Waals surface area contributed by atoms with Crippen molar-refractivity contribution in [2.75, 3.05) is 13.8 Å². The number of methoxy groups -OCH3 is 1. The fourth-order valence-corrected chi connectivity index (χ4v) is 1.87. The van der Waals surface area contributed by atoms with Crippen LogP contribution in [0.5, 0.6) is 5.75 Å². The Kier molecular flexibility index (Phi) is 3.10. The summed E-state index contributed by atoms with van der Waals surface area (Å²) in [5.41, 5.74) is 0. The Morgan fingerprint density at radius 1 is 1.27 bits per heavy atom. The lowest BCUT2D eigenvalue weighted by atomic mass is 10.3. The molecule has 0 aromatic heterocycles. The summed E-state index contributed by atoms with van der Waals surface area (Å²) in [6, 6.07) is 7.99. The molecule has 60 valence electrons. The Morgan fingerprint density at radius 2 is 1.82 bits per heavy atom. The molecule has 1 aromatic carbocycles. The van der Waals surface area contributed by atoms with Gasteiger partial charge in [-0.05, 0) is 30.8 Å². The van der Waals surface area contributed by atoms with Gasteiger partial charge in [-0.2, -0.15) is 0 Å². The number of hydrogen-bond acceptors (Lipinski definition) is 2. The molecular weight excluding hydrogens is 175 g/mol. The van der Waals surface area contributed by atoms with E-state index in [4.69, 9.17) is 16.5 Å². The monoisotopic (exact) mass is 186 g/mol. The van der Waals surface area contributed by atoms with E-state index in [1.165, 1.54) is 5.30 Å². The summed E-state index contributed by atoms with van der Waals surface area (Å²) in [5.74, 6) is 0.895. The van der Waals surface area contributed by atoms with Gasteiger partial charge in [-0.1, -0.05) is 23.9 Å². The van der Waals surface area contributed by atoms with Gasteiger partial charge in [0.1, 0.15) is 5.75 Å². The van der Waals surface area contributed by atoms with Crippen LogP contribution in [0.4, 0.5) is 0 Å². The number of benzene rings is 1. The summed E-state index contributed by atoms with van der Waals surface area (Å²) in [6.45, 7) is 1.39. The van der Waals surface area contributed by atoms with Crippen molar-refractivity contribution in [3.63, 3.8) is 0 Å². The first-order valence-electron chi connectivity index (χ1n) is 3.39. The van der Waals surface area contributed by atoms with Gasteiger partial charge in [-0.25, -0.2) is 0 Å². The largest absolute Gasteiger partial charge is 0.497 e. The predicted molar refractivity (Wildman–Crippen MR) is 54.2 cm³/mol. The summed E-state index contributed by atoms with van der Waals surface area (Å²) in [6.07, 6.45) is 0. The summed E-state index contributed by atoms with van der Waals surface area (Å²) in [5, 5.41) is 1.27. The van der Waals surface area contributed by atoms with E-state index >= 15 is 0 Å². The van der Waals surface area contributed by atoms with Crippen LogP contribution in [0.15, 0.2) is 24.3 Å². The van der Waals surface area contributed by atoms with Gasteiger partial charge in [0.2, 0.25) is 0 Å². The Hall–Kier alpha value is -0.330. The summed E-state index contributed by atoms with van der Waals surface area (Å²) in [7, 11) is 1.67. The van der Waals surface area contributed by atoms with E-state index in [1.54, 1.807) is 7.11 Å². The average molecular weight is 186 g/mol. The van der Waals surface area contributed by atoms with Gasteiger partial charge in [0.05, 0.1) is 7.11 Å². The van der Waals surface area contributed by atoms with Crippen LogP contribution in [0.25, 0.3) is 0 Å². The first-order chi connectivity index (χ1) is 5.24. The average Bonchev–Trinajstić information content (AvgIpc) is 2.05. The topological polar surface area (TPSA) is 9.23 Å². The SMILES string of the molecule is COc1ccc([PH](C)=S)cc1. The quantitative estimate of drug-likeness (QED) is 0.649. The minimum absolute atomic E-state index is 0.709. The molecule has 0 fully saturated rings.